The number of pyridine rings is 1. The number of morpholine rings is 1. The Bertz CT molecular complexity index is 1190. The van der Waals surface area contributed by atoms with Gasteiger partial charge in [-0.15, -0.1) is 0 Å². The van der Waals surface area contributed by atoms with Crippen molar-refractivity contribution in [2.75, 3.05) is 37.9 Å². The van der Waals surface area contributed by atoms with Crippen molar-refractivity contribution in [1.29, 1.82) is 0 Å². The van der Waals surface area contributed by atoms with Crippen LogP contribution >= 0.6 is 0 Å². The summed E-state index contributed by atoms with van der Waals surface area (Å²) in [6.07, 6.45) is 1.53. The number of ether oxygens (including phenoxy) is 2. The minimum atomic E-state index is -0.710. The van der Waals surface area contributed by atoms with Gasteiger partial charge >= 0.3 is 6.01 Å². The first-order chi connectivity index (χ1) is 16.2. The van der Waals surface area contributed by atoms with E-state index < -0.39 is 5.82 Å². The third-order valence-corrected chi connectivity index (χ3v) is 5.30. The molecule has 10 nitrogen and oxygen atoms in total. The molecule has 2 aromatic heterocycles. The molecule has 1 fully saturated rings. The van der Waals surface area contributed by atoms with Crippen LogP contribution in [0.4, 0.5) is 16.2 Å². The molecule has 1 aliphatic heterocycles. The lowest BCUT2D eigenvalue weighted by molar-refractivity contribution is 0.0336. The van der Waals surface area contributed by atoms with Gasteiger partial charge in [-0.2, -0.15) is 15.0 Å². The van der Waals surface area contributed by atoms with Crippen molar-refractivity contribution >= 4 is 17.7 Å². The van der Waals surface area contributed by atoms with Gasteiger partial charge in [0.05, 0.1) is 18.8 Å². The van der Waals surface area contributed by atoms with Gasteiger partial charge in [-0.1, -0.05) is 0 Å². The Morgan fingerprint density at radius 1 is 1.21 bits per heavy atom. The highest BCUT2D eigenvalue weighted by atomic mass is 19.1. The summed E-state index contributed by atoms with van der Waals surface area (Å²) in [5, 5.41) is 0. The number of amides is 1. The summed E-state index contributed by atoms with van der Waals surface area (Å²) in [6.45, 7) is 5.05. The van der Waals surface area contributed by atoms with E-state index in [0.29, 0.717) is 36.3 Å². The Kier molecular flexibility index (Phi) is 6.55. The van der Waals surface area contributed by atoms with E-state index in [1.807, 2.05) is 18.7 Å². The molecular weight excluding hydrogens is 441 g/mol. The number of benzene rings is 1. The molecular formula is C23H26FN7O3. The molecule has 0 aliphatic carbocycles. The normalized spacial score (nSPS) is 18.0. The number of rotatable bonds is 5. The fourth-order valence-corrected chi connectivity index (χ4v) is 3.44. The molecule has 1 aliphatic rings. The molecule has 178 valence electrons. The number of halogens is 1. The Balaban J connectivity index is 1.72. The average molecular weight is 468 g/mol. The predicted octanol–water partition coefficient (Wildman–Crippen LogP) is 2.76. The Labute approximate surface area is 196 Å². The fourth-order valence-electron chi connectivity index (χ4n) is 3.44. The van der Waals surface area contributed by atoms with Gasteiger partial charge in [0.1, 0.15) is 5.82 Å². The summed E-state index contributed by atoms with van der Waals surface area (Å²) >= 11 is 0. The monoisotopic (exact) mass is 467 g/mol. The van der Waals surface area contributed by atoms with Gasteiger partial charge in [-0.05, 0) is 44.2 Å². The van der Waals surface area contributed by atoms with E-state index in [4.69, 9.17) is 15.2 Å². The van der Waals surface area contributed by atoms with Gasteiger partial charge in [0.2, 0.25) is 5.95 Å². The van der Waals surface area contributed by atoms with Gasteiger partial charge in [0, 0.05) is 38.0 Å². The lowest BCUT2D eigenvalue weighted by atomic mass is 10.2. The van der Waals surface area contributed by atoms with E-state index in [1.165, 1.54) is 17.0 Å². The van der Waals surface area contributed by atoms with Gasteiger partial charge < -0.3 is 25.0 Å². The molecule has 1 saturated heterocycles. The van der Waals surface area contributed by atoms with Crippen molar-refractivity contribution in [2.45, 2.75) is 26.0 Å². The van der Waals surface area contributed by atoms with Crippen LogP contribution in [0.5, 0.6) is 11.8 Å². The third-order valence-electron chi connectivity index (χ3n) is 5.30. The molecule has 1 unspecified atom stereocenters. The van der Waals surface area contributed by atoms with Crippen molar-refractivity contribution in [3.8, 4) is 23.1 Å². The maximum Gasteiger partial charge on any atom is 0.327 e. The standard InChI is InChI=1S/C23H26FN7O3/c1-13-12-33-14(2)11-31(13)22-27-20(16-6-8-19(25)26-10-16)28-23(29-22)34-18-7-5-15(9-17(18)24)21(32)30(3)4/h5-10,13-14H,11-12H2,1-4H3,(H2,25,26)/t13-,14?/m0/s1. The number of carbonyl (C=O) groups is 1. The van der Waals surface area contributed by atoms with Crippen LogP contribution in [-0.4, -0.2) is 70.1 Å². The van der Waals surface area contributed by atoms with E-state index >= 15 is 0 Å². The van der Waals surface area contributed by atoms with Crippen LogP contribution in [0.15, 0.2) is 36.5 Å². The fraction of sp³-hybridized carbons (Fsp3) is 0.348. The zero-order valence-corrected chi connectivity index (χ0v) is 19.4. The van der Waals surface area contributed by atoms with Crippen molar-refractivity contribution in [1.82, 2.24) is 24.8 Å². The number of hydrogen-bond donors (Lipinski definition) is 1. The van der Waals surface area contributed by atoms with Crippen LogP contribution in [0, 0.1) is 5.82 Å². The van der Waals surface area contributed by atoms with Crippen molar-refractivity contribution < 1.29 is 18.7 Å². The molecule has 0 spiro atoms. The Morgan fingerprint density at radius 3 is 2.68 bits per heavy atom. The number of nitrogens with zero attached hydrogens (tertiary/aromatic N) is 6. The lowest BCUT2D eigenvalue weighted by Crippen LogP contribution is -2.48. The Morgan fingerprint density at radius 2 is 2.00 bits per heavy atom. The largest absolute Gasteiger partial charge is 0.421 e. The molecule has 2 atom stereocenters. The number of nitrogens with two attached hydrogens (primary N) is 1. The van der Waals surface area contributed by atoms with Crippen LogP contribution in [0.1, 0.15) is 24.2 Å². The summed E-state index contributed by atoms with van der Waals surface area (Å²) in [7, 11) is 3.19. The zero-order chi connectivity index (χ0) is 24.4. The third kappa shape index (κ3) is 5.04. The highest BCUT2D eigenvalue weighted by molar-refractivity contribution is 5.94. The number of nitrogen functional groups attached to an aromatic ring is 1. The van der Waals surface area contributed by atoms with Crippen LogP contribution in [-0.2, 0) is 4.74 Å². The second-order valence-corrected chi connectivity index (χ2v) is 8.31. The van der Waals surface area contributed by atoms with Crippen LogP contribution in [0.25, 0.3) is 11.4 Å². The molecule has 3 aromatic rings. The number of anilines is 2. The molecule has 0 saturated carbocycles. The van der Waals surface area contributed by atoms with Crippen molar-refractivity contribution in [3.63, 3.8) is 0 Å². The summed E-state index contributed by atoms with van der Waals surface area (Å²) in [4.78, 5) is 33.0. The van der Waals surface area contributed by atoms with E-state index in [-0.39, 0.29) is 35.4 Å². The van der Waals surface area contributed by atoms with Gasteiger partial charge in [-0.3, -0.25) is 4.79 Å². The second kappa shape index (κ2) is 9.56. The van der Waals surface area contributed by atoms with Gasteiger partial charge in [0.25, 0.3) is 5.91 Å². The minimum absolute atomic E-state index is 0.0110. The number of hydrogen-bond acceptors (Lipinski definition) is 9. The molecule has 2 N–H and O–H groups in total. The Hall–Kier alpha value is -3.86. The average Bonchev–Trinajstić information content (AvgIpc) is 2.81. The van der Waals surface area contributed by atoms with E-state index in [1.54, 1.807) is 32.4 Å². The summed E-state index contributed by atoms with van der Waals surface area (Å²) in [5.74, 6) is -0.102. The van der Waals surface area contributed by atoms with Crippen molar-refractivity contribution in [3.05, 3.63) is 47.9 Å². The van der Waals surface area contributed by atoms with Gasteiger partial charge in [-0.25, -0.2) is 9.37 Å². The summed E-state index contributed by atoms with van der Waals surface area (Å²) < 4.78 is 26.2. The number of aromatic nitrogens is 4. The lowest BCUT2D eigenvalue weighted by Gasteiger charge is -2.36. The maximum atomic E-state index is 14.8. The summed E-state index contributed by atoms with van der Waals surface area (Å²) in [6, 6.07) is 7.28. The second-order valence-electron chi connectivity index (χ2n) is 8.31. The molecule has 11 heteroatoms. The minimum Gasteiger partial charge on any atom is -0.421 e. The summed E-state index contributed by atoms with van der Waals surface area (Å²) in [5.41, 5.74) is 6.51. The van der Waals surface area contributed by atoms with Crippen LogP contribution in [0.2, 0.25) is 0 Å². The predicted molar refractivity (Wildman–Crippen MR) is 124 cm³/mol. The molecule has 1 amide bonds. The van der Waals surface area contributed by atoms with E-state index in [9.17, 15) is 9.18 Å². The highest BCUT2D eigenvalue weighted by Crippen LogP contribution is 2.28. The maximum absolute atomic E-state index is 14.8. The molecule has 4 rings (SSSR count). The topological polar surface area (TPSA) is 120 Å². The molecule has 0 bridgehead atoms. The highest BCUT2D eigenvalue weighted by Gasteiger charge is 2.27. The van der Waals surface area contributed by atoms with E-state index in [2.05, 4.69) is 19.9 Å². The smallest absolute Gasteiger partial charge is 0.327 e. The molecule has 0 radical (unpaired) electrons. The first-order valence-corrected chi connectivity index (χ1v) is 10.8. The van der Waals surface area contributed by atoms with Crippen molar-refractivity contribution in [2.24, 2.45) is 0 Å². The first-order valence-electron chi connectivity index (χ1n) is 10.8. The van der Waals surface area contributed by atoms with E-state index in [0.717, 1.165) is 6.07 Å². The molecule has 1 aromatic carbocycles. The van der Waals surface area contributed by atoms with Crippen LogP contribution in [0.3, 0.4) is 0 Å². The SMILES string of the molecule is CC1CN(c2nc(Oc3ccc(C(=O)N(C)C)cc3F)nc(-c3ccc(N)nc3)n2)[C@@H](C)CO1. The van der Waals surface area contributed by atoms with Crippen LogP contribution < -0.4 is 15.4 Å². The zero-order valence-electron chi connectivity index (χ0n) is 19.4. The van der Waals surface area contributed by atoms with Gasteiger partial charge in [0.15, 0.2) is 17.4 Å². The number of carbonyl (C=O) groups excluding carboxylic acids is 1. The quantitative estimate of drug-likeness (QED) is 0.604. The first kappa shape index (κ1) is 23.3. The molecule has 34 heavy (non-hydrogen) atoms. The molecule has 3 heterocycles.